The molecule has 0 spiro atoms. The average molecular weight is 183 g/mol. The van der Waals surface area contributed by atoms with Crippen molar-refractivity contribution in [2.24, 2.45) is 5.92 Å². The molecule has 2 fully saturated rings. The van der Waals surface area contributed by atoms with Gasteiger partial charge in [-0.15, -0.1) is 0 Å². The Hall–Kier alpha value is -0.0800. The maximum absolute atomic E-state index is 5.38. The minimum absolute atomic E-state index is 0.868. The van der Waals surface area contributed by atoms with Gasteiger partial charge in [-0.3, -0.25) is 4.90 Å². The van der Waals surface area contributed by atoms with E-state index in [4.69, 9.17) is 4.74 Å². The standard InChI is InChI=1S/C11H21NO/c1-10-3-2-4-11(9-10)12-5-7-13-8-6-12/h10-11H,2-9H2,1H3/t10-,11+/m1/s1. The van der Waals surface area contributed by atoms with E-state index in [1.807, 2.05) is 0 Å². The van der Waals surface area contributed by atoms with Gasteiger partial charge in [0.2, 0.25) is 0 Å². The van der Waals surface area contributed by atoms with Crippen LogP contribution >= 0.6 is 0 Å². The van der Waals surface area contributed by atoms with E-state index in [1.54, 1.807) is 0 Å². The van der Waals surface area contributed by atoms with E-state index in [1.165, 1.54) is 25.7 Å². The quantitative estimate of drug-likeness (QED) is 0.615. The summed E-state index contributed by atoms with van der Waals surface area (Å²) < 4.78 is 5.38. The number of hydrogen-bond acceptors (Lipinski definition) is 2. The molecule has 0 amide bonds. The zero-order valence-corrected chi connectivity index (χ0v) is 8.67. The average Bonchev–Trinajstić information content (AvgIpc) is 2.19. The molecule has 0 unspecified atom stereocenters. The van der Waals surface area contributed by atoms with Crippen LogP contribution < -0.4 is 0 Å². The molecule has 1 aliphatic heterocycles. The van der Waals surface area contributed by atoms with Crippen LogP contribution in [0.3, 0.4) is 0 Å². The van der Waals surface area contributed by atoms with E-state index < -0.39 is 0 Å². The summed E-state index contributed by atoms with van der Waals surface area (Å²) in [5.41, 5.74) is 0. The van der Waals surface area contributed by atoms with Crippen LogP contribution in [0.25, 0.3) is 0 Å². The number of nitrogens with zero attached hydrogens (tertiary/aromatic N) is 1. The molecule has 0 bridgehead atoms. The Morgan fingerprint density at radius 1 is 1.15 bits per heavy atom. The molecule has 2 rings (SSSR count). The third-order valence-corrected chi connectivity index (χ3v) is 3.47. The second-order valence-corrected chi connectivity index (χ2v) is 4.57. The topological polar surface area (TPSA) is 12.5 Å². The number of rotatable bonds is 1. The Labute approximate surface area is 81.3 Å². The first-order valence-electron chi connectivity index (χ1n) is 5.68. The van der Waals surface area contributed by atoms with Gasteiger partial charge in [-0.05, 0) is 18.8 Å². The summed E-state index contributed by atoms with van der Waals surface area (Å²) in [5.74, 6) is 0.946. The molecule has 2 heteroatoms. The van der Waals surface area contributed by atoms with Crippen molar-refractivity contribution in [1.29, 1.82) is 0 Å². The van der Waals surface area contributed by atoms with Crippen molar-refractivity contribution in [3.63, 3.8) is 0 Å². The van der Waals surface area contributed by atoms with Gasteiger partial charge in [-0.1, -0.05) is 19.8 Å². The van der Waals surface area contributed by atoms with Gasteiger partial charge < -0.3 is 4.74 Å². The molecule has 0 aromatic heterocycles. The van der Waals surface area contributed by atoms with Crippen LogP contribution in [0.15, 0.2) is 0 Å². The summed E-state index contributed by atoms with van der Waals surface area (Å²) in [5, 5.41) is 0. The highest BCUT2D eigenvalue weighted by Gasteiger charge is 2.25. The molecule has 0 aromatic carbocycles. The van der Waals surface area contributed by atoms with Crippen molar-refractivity contribution >= 4 is 0 Å². The van der Waals surface area contributed by atoms with Gasteiger partial charge in [0.25, 0.3) is 0 Å². The molecule has 1 saturated carbocycles. The van der Waals surface area contributed by atoms with Gasteiger partial charge in [0, 0.05) is 19.1 Å². The molecule has 1 aliphatic carbocycles. The molecular formula is C11H21NO. The molecule has 0 aromatic rings. The molecule has 0 N–H and O–H groups in total. The molecule has 2 atom stereocenters. The van der Waals surface area contributed by atoms with Crippen molar-refractivity contribution in [2.75, 3.05) is 26.3 Å². The number of ether oxygens (including phenoxy) is 1. The first-order chi connectivity index (χ1) is 6.36. The van der Waals surface area contributed by atoms with Gasteiger partial charge in [0.1, 0.15) is 0 Å². The van der Waals surface area contributed by atoms with Crippen molar-refractivity contribution in [2.45, 2.75) is 38.6 Å². The molecule has 13 heavy (non-hydrogen) atoms. The predicted molar refractivity (Wildman–Crippen MR) is 53.8 cm³/mol. The van der Waals surface area contributed by atoms with E-state index in [2.05, 4.69) is 11.8 Å². The maximum Gasteiger partial charge on any atom is 0.0594 e. The molecule has 2 aliphatic rings. The smallest absolute Gasteiger partial charge is 0.0594 e. The molecular weight excluding hydrogens is 162 g/mol. The Morgan fingerprint density at radius 2 is 1.92 bits per heavy atom. The van der Waals surface area contributed by atoms with Gasteiger partial charge in [0.15, 0.2) is 0 Å². The van der Waals surface area contributed by atoms with Crippen molar-refractivity contribution in [3.8, 4) is 0 Å². The highest BCUT2D eigenvalue weighted by Crippen LogP contribution is 2.27. The lowest BCUT2D eigenvalue weighted by Gasteiger charge is -2.38. The van der Waals surface area contributed by atoms with Crippen molar-refractivity contribution in [1.82, 2.24) is 4.90 Å². The number of hydrogen-bond donors (Lipinski definition) is 0. The van der Waals surface area contributed by atoms with Gasteiger partial charge >= 0.3 is 0 Å². The lowest BCUT2D eigenvalue weighted by molar-refractivity contribution is 0.00392. The van der Waals surface area contributed by atoms with Crippen LogP contribution in [0.1, 0.15) is 32.6 Å². The third-order valence-electron chi connectivity index (χ3n) is 3.47. The fourth-order valence-electron chi connectivity index (χ4n) is 2.68. The van der Waals surface area contributed by atoms with Gasteiger partial charge in [-0.25, -0.2) is 0 Å². The monoisotopic (exact) mass is 183 g/mol. The Bertz CT molecular complexity index is 154. The third kappa shape index (κ3) is 2.44. The van der Waals surface area contributed by atoms with Crippen LogP contribution in [-0.4, -0.2) is 37.2 Å². The second kappa shape index (κ2) is 4.43. The fraction of sp³-hybridized carbons (Fsp3) is 1.00. The van der Waals surface area contributed by atoms with Crippen LogP contribution in [0.5, 0.6) is 0 Å². The highest BCUT2D eigenvalue weighted by molar-refractivity contribution is 4.79. The summed E-state index contributed by atoms with van der Waals surface area (Å²) in [7, 11) is 0. The van der Waals surface area contributed by atoms with Crippen molar-refractivity contribution in [3.05, 3.63) is 0 Å². The molecule has 1 heterocycles. The largest absolute Gasteiger partial charge is 0.379 e. The molecule has 76 valence electrons. The summed E-state index contributed by atoms with van der Waals surface area (Å²) in [6.07, 6.45) is 5.72. The fourth-order valence-corrected chi connectivity index (χ4v) is 2.68. The van der Waals surface area contributed by atoms with E-state index in [0.29, 0.717) is 0 Å². The first-order valence-corrected chi connectivity index (χ1v) is 5.68. The SMILES string of the molecule is C[C@@H]1CCC[C@H](N2CCOCC2)C1. The van der Waals surface area contributed by atoms with E-state index in [-0.39, 0.29) is 0 Å². The summed E-state index contributed by atoms with van der Waals surface area (Å²) in [4.78, 5) is 2.64. The van der Waals surface area contributed by atoms with Gasteiger partial charge in [-0.2, -0.15) is 0 Å². The van der Waals surface area contributed by atoms with E-state index in [0.717, 1.165) is 38.3 Å². The van der Waals surface area contributed by atoms with Crippen molar-refractivity contribution < 1.29 is 4.74 Å². The molecule has 2 nitrogen and oxygen atoms in total. The van der Waals surface area contributed by atoms with Crippen LogP contribution in [-0.2, 0) is 4.74 Å². The summed E-state index contributed by atoms with van der Waals surface area (Å²) in [6, 6.07) is 0.868. The molecule has 0 radical (unpaired) electrons. The minimum atomic E-state index is 0.868. The molecule has 1 saturated heterocycles. The predicted octanol–water partition coefficient (Wildman–Crippen LogP) is 1.90. The normalized spacial score (nSPS) is 37.6. The Morgan fingerprint density at radius 3 is 2.62 bits per heavy atom. The zero-order chi connectivity index (χ0) is 9.10. The maximum atomic E-state index is 5.38. The van der Waals surface area contributed by atoms with E-state index >= 15 is 0 Å². The van der Waals surface area contributed by atoms with Crippen LogP contribution in [0.4, 0.5) is 0 Å². The first kappa shape index (κ1) is 9.47. The lowest BCUT2D eigenvalue weighted by atomic mass is 9.86. The summed E-state index contributed by atoms with van der Waals surface area (Å²) >= 11 is 0. The zero-order valence-electron chi connectivity index (χ0n) is 8.67. The van der Waals surface area contributed by atoms with Gasteiger partial charge in [0.05, 0.1) is 13.2 Å². The minimum Gasteiger partial charge on any atom is -0.379 e. The second-order valence-electron chi connectivity index (χ2n) is 4.57. The lowest BCUT2D eigenvalue weighted by Crippen LogP contribution is -2.45. The summed E-state index contributed by atoms with van der Waals surface area (Å²) in [6.45, 7) is 6.62. The Balaban J connectivity index is 1.83. The van der Waals surface area contributed by atoms with E-state index in [9.17, 15) is 0 Å². The highest BCUT2D eigenvalue weighted by atomic mass is 16.5. The number of morpholine rings is 1. The van der Waals surface area contributed by atoms with Crippen LogP contribution in [0.2, 0.25) is 0 Å². The Kier molecular flexibility index (Phi) is 3.23. The van der Waals surface area contributed by atoms with Crippen LogP contribution in [0, 0.1) is 5.92 Å².